The minimum Gasteiger partial charge on any atom is -0.342 e. The summed E-state index contributed by atoms with van der Waals surface area (Å²) in [6, 6.07) is 9.55. The fraction of sp³-hybridized carbons (Fsp3) is 0.222. The third kappa shape index (κ3) is 3.19. The van der Waals surface area contributed by atoms with Gasteiger partial charge in [-0.05, 0) is 54.6 Å². The number of carbonyl (C=O) groups is 2. The highest BCUT2D eigenvalue weighted by atomic mass is 32.1. The third-order valence-corrected chi connectivity index (χ3v) is 4.95. The summed E-state index contributed by atoms with van der Waals surface area (Å²) >= 11 is 1.59. The van der Waals surface area contributed by atoms with Crippen molar-refractivity contribution in [3.05, 3.63) is 52.5 Å². The van der Waals surface area contributed by atoms with Crippen LogP contribution in [0.4, 0.5) is 5.69 Å². The van der Waals surface area contributed by atoms with Crippen molar-refractivity contribution in [2.75, 3.05) is 11.9 Å². The number of carbonyl (C=O) groups excluding carboxylic acids is 2. The lowest BCUT2D eigenvalue weighted by Gasteiger charge is -2.09. The van der Waals surface area contributed by atoms with Gasteiger partial charge in [-0.25, -0.2) is 0 Å². The van der Waals surface area contributed by atoms with Crippen molar-refractivity contribution in [1.82, 2.24) is 9.88 Å². The Bertz CT molecular complexity index is 924. The maximum absolute atomic E-state index is 12.3. The Morgan fingerprint density at radius 1 is 1.12 bits per heavy atom. The van der Waals surface area contributed by atoms with Crippen LogP contribution in [0.3, 0.4) is 0 Å². The van der Waals surface area contributed by atoms with Gasteiger partial charge in [-0.1, -0.05) is 6.07 Å². The SMILES string of the molecule is Cc1ccc(NC(=O)CNC(=O)c2cc3sccc3n2C)cc1C. The second kappa shape index (κ2) is 6.49. The zero-order valence-electron chi connectivity index (χ0n) is 13.8. The van der Waals surface area contributed by atoms with Gasteiger partial charge in [0.05, 0.1) is 16.8 Å². The molecule has 2 aromatic heterocycles. The molecular weight excluding hydrogens is 322 g/mol. The lowest BCUT2D eigenvalue weighted by molar-refractivity contribution is -0.115. The molecule has 0 atom stereocenters. The highest BCUT2D eigenvalue weighted by Gasteiger charge is 2.15. The van der Waals surface area contributed by atoms with Gasteiger partial charge in [0, 0.05) is 12.7 Å². The molecule has 2 amide bonds. The number of fused-ring (bicyclic) bond motifs is 1. The first-order valence-electron chi connectivity index (χ1n) is 7.64. The van der Waals surface area contributed by atoms with E-state index in [0.717, 1.165) is 21.5 Å². The molecule has 3 aromatic rings. The molecule has 0 spiro atoms. The van der Waals surface area contributed by atoms with Crippen LogP contribution in [-0.2, 0) is 11.8 Å². The van der Waals surface area contributed by atoms with Crippen LogP contribution in [0.25, 0.3) is 10.2 Å². The van der Waals surface area contributed by atoms with Gasteiger partial charge in [-0.3, -0.25) is 9.59 Å². The Labute approximate surface area is 144 Å². The molecule has 2 N–H and O–H groups in total. The Hall–Kier alpha value is -2.60. The van der Waals surface area contributed by atoms with E-state index in [4.69, 9.17) is 0 Å². The van der Waals surface area contributed by atoms with Crippen LogP contribution in [0.15, 0.2) is 35.7 Å². The van der Waals surface area contributed by atoms with Gasteiger partial charge < -0.3 is 15.2 Å². The summed E-state index contributed by atoms with van der Waals surface area (Å²) < 4.78 is 2.89. The minimum atomic E-state index is -0.254. The van der Waals surface area contributed by atoms with E-state index in [-0.39, 0.29) is 18.4 Å². The highest BCUT2D eigenvalue weighted by Crippen LogP contribution is 2.24. The molecule has 0 unspecified atom stereocenters. The first kappa shape index (κ1) is 16.3. The standard InChI is InChI=1S/C18H19N3O2S/c1-11-4-5-13(8-12(11)2)20-17(22)10-19-18(23)15-9-16-14(21(15)3)6-7-24-16/h4-9H,10H2,1-3H3,(H,19,23)(H,20,22). The maximum atomic E-state index is 12.3. The molecule has 0 fully saturated rings. The van der Waals surface area contributed by atoms with Crippen molar-refractivity contribution < 1.29 is 9.59 Å². The lowest BCUT2D eigenvalue weighted by Crippen LogP contribution is -2.33. The molecule has 2 heterocycles. The van der Waals surface area contributed by atoms with Gasteiger partial charge in [0.25, 0.3) is 5.91 Å². The van der Waals surface area contributed by atoms with E-state index in [1.54, 1.807) is 11.3 Å². The number of thiophene rings is 1. The summed E-state index contributed by atoms with van der Waals surface area (Å²) in [4.78, 5) is 24.3. The van der Waals surface area contributed by atoms with Crippen LogP contribution in [-0.4, -0.2) is 22.9 Å². The highest BCUT2D eigenvalue weighted by molar-refractivity contribution is 7.17. The third-order valence-electron chi connectivity index (χ3n) is 4.10. The van der Waals surface area contributed by atoms with Crippen LogP contribution in [0.2, 0.25) is 0 Å². The first-order valence-corrected chi connectivity index (χ1v) is 8.52. The quantitative estimate of drug-likeness (QED) is 0.765. The smallest absolute Gasteiger partial charge is 0.268 e. The first-order chi connectivity index (χ1) is 11.5. The fourth-order valence-corrected chi connectivity index (χ4v) is 3.39. The van der Waals surface area contributed by atoms with Gasteiger partial charge >= 0.3 is 0 Å². The van der Waals surface area contributed by atoms with E-state index in [2.05, 4.69) is 10.6 Å². The van der Waals surface area contributed by atoms with Crippen LogP contribution in [0, 0.1) is 13.8 Å². The minimum absolute atomic E-state index is 0.0649. The van der Waals surface area contributed by atoms with E-state index in [9.17, 15) is 9.59 Å². The number of anilines is 1. The van der Waals surface area contributed by atoms with Crippen molar-refractivity contribution >= 4 is 39.1 Å². The molecule has 1 aromatic carbocycles. The van der Waals surface area contributed by atoms with Crippen molar-refractivity contribution in [3.63, 3.8) is 0 Å². The Morgan fingerprint density at radius 2 is 1.92 bits per heavy atom. The van der Waals surface area contributed by atoms with E-state index in [1.165, 1.54) is 5.56 Å². The van der Waals surface area contributed by atoms with Gasteiger partial charge in [0.1, 0.15) is 5.69 Å². The summed E-state index contributed by atoms with van der Waals surface area (Å²) in [5.74, 6) is -0.501. The van der Waals surface area contributed by atoms with Crippen molar-refractivity contribution in [2.45, 2.75) is 13.8 Å². The lowest BCUT2D eigenvalue weighted by atomic mass is 10.1. The number of aromatic nitrogens is 1. The second-order valence-electron chi connectivity index (χ2n) is 5.79. The Morgan fingerprint density at radius 3 is 2.62 bits per heavy atom. The number of hydrogen-bond acceptors (Lipinski definition) is 3. The van der Waals surface area contributed by atoms with Crippen molar-refractivity contribution in [1.29, 1.82) is 0 Å². The molecular formula is C18H19N3O2S. The molecule has 124 valence electrons. The van der Waals surface area contributed by atoms with E-state index >= 15 is 0 Å². The molecule has 24 heavy (non-hydrogen) atoms. The molecule has 0 bridgehead atoms. The van der Waals surface area contributed by atoms with E-state index in [0.29, 0.717) is 5.69 Å². The summed E-state index contributed by atoms with van der Waals surface area (Å²) in [6.07, 6.45) is 0. The Kier molecular flexibility index (Phi) is 4.40. The number of aryl methyl sites for hydroxylation is 3. The number of rotatable bonds is 4. The molecule has 0 saturated heterocycles. The number of hydrogen-bond donors (Lipinski definition) is 2. The molecule has 0 radical (unpaired) electrons. The predicted molar refractivity (Wildman–Crippen MR) is 97.7 cm³/mol. The average molecular weight is 341 g/mol. The molecule has 3 rings (SSSR count). The van der Waals surface area contributed by atoms with Crippen LogP contribution >= 0.6 is 11.3 Å². The zero-order chi connectivity index (χ0) is 17.3. The maximum Gasteiger partial charge on any atom is 0.268 e. The average Bonchev–Trinajstić information content (AvgIpc) is 3.12. The summed E-state index contributed by atoms with van der Waals surface area (Å²) in [5.41, 5.74) is 4.59. The van der Waals surface area contributed by atoms with Gasteiger partial charge in [-0.15, -0.1) is 11.3 Å². The largest absolute Gasteiger partial charge is 0.342 e. The fourth-order valence-electron chi connectivity index (χ4n) is 2.54. The topological polar surface area (TPSA) is 63.1 Å². The molecule has 0 aliphatic rings. The number of nitrogens with zero attached hydrogens (tertiary/aromatic N) is 1. The van der Waals surface area contributed by atoms with Gasteiger partial charge in [-0.2, -0.15) is 0 Å². The van der Waals surface area contributed by atoms with E-state index in [1.807, 2.05) is 61.2 Å². The number of amides is 2. The van der Waals surface area contributed by atoms with Crippen molar-refractivity contribution in [3.8, 4) is 0 Å². The van der Waals surface area contributed by atoms with E-state index < -0.39 is 0 Å². The normalized spacial score (nSPS) is 10.8. The molecule has 0 aliphatic heterocycles. The summed E-state index contributed by atoms with van der Waals surface area (Å²) in [5, 5.41) is 7.45. The Balaban J connectivity index is 1.61. The number of nitrogens with one attached hydrogen (secondary N) is 2. The summed E-state index contributed by atoms with van der Waals surface area (Å²) in [6.45, 7) is 3.95. The predicted octanol–water partition coefficient (Wildman–Crippen LogP) is 3.23. The molecule has 5 nitrogen and oxygen atoms in total. The summed E-state index contributed by atoms with van der Waals surface area (Å²) in [7, 11) is 1.85. The second-order valence-corrected chi connectivity index (χ2v) is 6.74. The van der Waals surface area contributed by atoms with Crippen LogP contribution in [0.5, 0.6) is 0 Å². The number of benzene rings is 1. The van der Waals surface area contributed by atoms with Gasteiger partial charge in [0.15, 0.2) is 0 Å². The zero-order valence-corrected chi connectivity index (χ0v) is 14.7. The van der Waals surface area contributed by atoms with Crippen LogP contribution in [0.1, 0.15) is 21.6 Å². The van der Waals surface area contributed by atoms with Crippen LogP contribution < -0.4 is 10.6 Å². The van der Waals surface area contributed by atoms with Crippen molar-refractivity contribution in [2.24, 2.45) is 7.05 Å². The molecule has 0 saturated carbocycles. The molecule has 6 heteroatoms. The van der Waals surface area contributed by atoms with Gasteiger partial charge in [0.2, 0.25) is 5.91 Å². The molecule has 0 aliphatic carbocycles. The monoisotopic (exact) mass is 341 g/mol.